The van der Waals surface area contributed by atoms with Crippen LogP contribution in [0.15, 0.2) is 65.3 Å². The first kappa shape index (κ1) is 16.0. The highest BCUT2D eigenvalue weighted by Gasteiger charge is 2.18. The van der Waals surface area contributed by atoms with Crippen molar-refractivity contribution < 1.29 is 14.4 Å². The number of aromatic nitrogens is 3. The molecule has 0 saturated heterocycles. The molecule has 0 spiro atoms. The zero-order valence-electron chi connectivity index (χ0n) is 13.7. The first-order chi connectivity index (χ1) is 12.7. The number of benzene rings is 2. The van der Waals surface area contributed by atoms with Gasteiger partial charge in [0.25, 0.3) is 5.91 Å². The Morgan fingerprint density at radius 3 is 2.85 bits per heavy atom. The van der Waals surface area contributed by atoms with Gasteiger partial charge in [-0.1, -0.05) is 35.5 Å². The van der Waals surface area contributed by atoms with Crippen LogP contribution in [0.5, 0.6) is 0 Å². The predicted octanol–water partition coefficient (Wildman–Crippen LogP) is 2.68. The number of amides is 1. The van der Waals surface area contributed by atoms with Gasteiger partial charge in [0.05, 0.1) is 24.4 Å². The van der Waals surface area contributed by atoms with Gasteiger partial charge in [0.1, 0.15) is 0 Å². The second-order valence-corrected chi connectivity index (χ2v) is 5.87. The zero-order valence-corrected chi connectivity index (χ0v) is 13.7. The molecule has 1 atom stereocenters. The van der Waals surface area contributed by atoms with Crippen LogP contribution in [0.3, 0.4) is 0 Å². The van der Waals surface area contributed by atoms with Crippen molar-refractivity contribution in [1.82, 2.24) is 20.7 Å². The van der Waals surface area contributed by atoms with Crippen molar-refractivity contribution in [3.8, 4) is 11.3 Å². The number of hydrogen-bond acceptors (Lipinski definition) is 5. The quantitative estimate of drug-likeness (QED) is 0.514. The maximum Gasteiger partial charge on any atom is 0.274 e. The molecule has 0 radical (unpaired) electrons. The van der Waals surface area contributed by atoms with Gasteiger partial charge in [0, 0.05) is 17.0 Å². The van der Waals surface area contributed by atoms with Crippen LogP contribution < -0.4 is 5.32 Å². The highest BCUT2D eigenvalue weighted by Crippen LogP contribution is 2.24. The van der Waals surface area contributed by atoms with Crippen LogP contribution in [0.25, 0.3) is 22.2 Å². The second kappa shape index (κ2) is 6.81. The van der Waals surface area contributed by atoms with E-state index in [0.717, 1.165) is 22.0 Å². The van der Waals surface area contributed by atoms with E-state index in [4.69, 9.17) is 4.52 Å². The Morgan fingerprint density at radius 2 is 2.04 bits per heavy atom. The normalized spacial score (nSPS) is 12.2. The summed E-state index contributed by atoms with van der Waals surface area (Å²) >= 11 is 0. The summed E-state index contributed by atoms with van der Waals surface area (Å²) in [5, 5.41) is 24.0. The molecule has 2 aromatic carbocycles. The Kier molecular flexibility index (Phi) is 4.20. The molecule has 130 valence electrons. The molecule has 0 fully saturated rings. The topological polar surface area (TPSA) is 104 Å². The fraction of sp³-hybridized carbons (Fsp3) is 0.105. The van der Waals surface area contributed by atoms with Crippen molar-refractivity contribution >= 4 is 16.8 Å². The minimum absolute atomic E-state index is 0.154. The lowest BCUT2D eigenvalue weighted by atomic mass is 10.1. The second-order valence-electron chi connectivity index (χ2n) is 5.87. The third-order valence-corrected chi connectivity index (χ3v) is 4.16. The number of aliphatic hydroxyl groups excluding tert-OH is 1. The van der Waals surface area contributed by atoms with Gasteiger partial charge in [-0.15, -0.1) is 0 Å². The predicted molar refractivity (Wildman–Crippen MR) is 95.3 cm³/mol. The largest absolute Gasteiger partial charge is 0.394 e. The molecule has 0 bridgehead atoms. The Bertz CT molecular complexity index is 1040. The van der Waals surface area contributed by atoms with Crippen LogP contribution in [0.1, 0.15) is 22.1 Å². The number of rotatable bonds is 5. The van der Waals surface area contributed by atoms with E-state index >= 15 is 0 Å². The Hall–Kier alpha value is -3.45. The molecule has 1 amide bonds. The average molecular weight is 348 g/mol. The first-order valence-corrected chi connectivity index (χ1v) is 8.11. The molecule has 0 saturated carbocycles. The number of fused-ring (bicyclic) bond motifs is 1. The van der Waals surface area contributed by atoms with Gasteiger partial charge >= 0.3 is 0 Å². The van der Waals surface area contributed by atoms with Gasteiger partial charge < -0.3 is 14.9 Å². The lowest BCUT2D eigenvalue weighted by Crippen LogP contribution is -2.30. The summed E-state index contributed by atoms with van der Waals surface area (Å²) in [4.78, 5) is 12.4. The van der Waals surface area contributed by atoms with Gasteiger partial charge in [0.2, 0.25) is 0 Å². The summed E-state index contributed by atoms with van der Waals surface area (Å²) in [6.07, 6.45) is 1.72. The van der Waals surface area contributed by atoms with Crippen molar-refractivity contribution in [2.75, 3.05) is 6.61 Å². The first-order valence-electron chi connectivity index (χ1n) is 8.11. The smallest absolute Gasteiger partial charge is 0.274 e. The van der Waals surface area contributed by atoms with Gasteiger partial charge in [-0.2, -0.15) is 5.10 Å². The molecule has 0 aliphatic rings. The zero-order chi connectivity index (χ0) is 17.9. The van der Waals surface area contributed by atoms with Crippen molar-refractivity contribution in [3.63, 3.8) is 0 Å². The Morgan fingerprint density at radius 1 is 1.19 bits per heavy atom. The number of carbonyl (C=O) groups is 1. The number of carbonyl (C=O) groups excluding carboxylic acids is 1. The van der Waals surface area contributed by atoms with Crippen LogP contribution in [-0.4, -0.2) is 33.0 Å². The highest BCUT2D eigenvalue weighted by atomic mass is 16.5. The molecule has 0 unspecified atom stereocenters. The van der Waals surface area contributed by atoms with Gasteiger partial charge in [-0.3, -0.25) is 9.89 Å². The molecule has 2 aromatic heterocycles. The molecule has 26 heavy (non-hydrogen) atoms. The SMILES string of the molecule is O=C(N[C@@H](CO)c1ccccc1)c1cc(-c2ccc3[nH]ncc3c2)on1. The summed E-state index contributed by atoms with van der Waals surface area (Å²) in [5.74, 6) is 0.0748. The van der Waals surface area contributed by atoms with Crippen molar-refractivity contribution in [2.24, 2.45) is 0 Å². The Labute approximate surface area is 148 Å². The van der Waals surface area contributed by atoms with Crippen LogP contribution in [0.2, 0.25) is 0 Å². The lowest BCUT2D eigenvalue weighted by molar-refractivity contribution is 0.0907. The third-order valence-electron chi connectivity index (χ3n) is 4.16. The van der Waals surface area contributed by atoms with Crippen molar-refractivity contribution in [2.45, 2.75) is 6.04 Å². The fourth-order valence-electron chi connectivity index (χ4n) is 2.77. The molecule has 3 N–H and O–H groups in total. The van der Waals surface area contributed by atoms with E-state index in [9.17, 15) is 9.90 Å². The van der Waals surface area contributed by atoms with E-state index in [1.807, 2.05) is 48.5 Å². The maximum absolute atomic E-state index is 12.4. The molecule has 2 heterocycles. The monoisotopic (exact) mass is 348 g/mol. The number of aliphatic hydroxyl groups is 1. The molecule has 4 aromatic rings. The highest BCUT2D eigenvalue weighted by molar-refractivity contribution is 5.93. The average Bonchev–Trinajstić information content (AvgIpc) is 3.35. The number of hydrogen-bond donors (Lipinski definition) is 3. The van der Waals surface area contributed by atoms with E-state index in [0.29, 0.717) is 5.76 Å². The molecule has 0 aliphatic heterocycles. The van der Waals surface area contributed by atoms with E-state index in [-0.39, 0.29) is 12.3 Å². The molecular formula is C19H16N4O3. The summed E-state index contributed by atoms with van der Waals surface area (Å²) in [5.41, 5.74) is 2.69. The van der Waals surface area contributed by atoms with Crippen LogP contribution >= 0.6 is 0 Å². The molecule has 0 aliphatic carbocycles. The van der Waals surface area contributed by atoms with Gasteiger partial charge in [-0.05, 0) is 23.8 Å². The van der Waals surface area contributed by atoms with Gasteiger partial charge in [-0.25, -0.2) is 0 Å². The molecule has 7 nitrogen and oxygen atoms in total. The molecule has 4 rings (SSSR count). The van der Waals surface area contributed by atoms with E-state index < -0.39 is 11.9 Å². The minimum Gasteiger partial charge on any atom is -0.394 e. The van der Waals surface area contributed by atoms with Crippen molar-refractivity contribution in [3.05, 3.63) is 72.1 Å². The standard InChI is InChI=1S/C19H16N4O3/c24-11-17(12-4-2-1-3-5-12)21-19(25)16-9-18(26-23-16)13-6-7-15-14(8-13)10-20-22-15/h1-10,17,24H,11H2,(H,20,22)(H,21,25)/t17-/m0/s1. The summed E-state index contributed by atoms with van der Waals surface area (Å²) in [6, 6.07) is 16.0. The van der Waals surface area contributed by atoms with Gasteiger partial charge in [0.15, 0.2) is 11.5 Å². The molecule has 7 heteroatoms. The summed E-state index contributed by atoms with van der Waals surface area (Å²) in [6.45, 7) is -0.211. The van der Waals surface area contributed by atoms with Crippen LogP contribution in [-0.2, 0) is 0 Å². The van der Waals surface area contributed by atoms with Crippen molar-refractivity contribution in [1.29, 1.82) is 0 Å². The lowest BCUT2D eigenvalue weighted by Gasteiger charge is -2.15. The number of H-pyrrole nitrogens is 1. The van der Waals surface area contributed by atoms with E-state index in [2.05, 4.69) is 20.7 Å². The summed E-state index contributed by atoms with van der Waals surface area (Å²) < 4.78 is 5.31. The number of aromatic amines is 1. The van der Waals surface area contributed by atoms with E-state index in [1.54, 1.807) is 12.3 Å². The van der Waals surface area contributed by atoms with Crippen LogP contribution in [0.4, 0.5) is 0 Å². The minimum atomic E-state index is -0.508. The Balaban J connectivity index is 1.54. The van der Waals surface area contributed by atoms with Crippen LogP contribution in [0, 0.1) is 0 Å². The third kappa shape index (κ3) is 3.07. The van der Waals surface area contributed by atoms with E-state index in [1.165, 1.54) is 0 Å². The maximum atomic E-state index is 12.4. The fourth-order valence-corrected chi connectivity index (χ4v) is 2.77. The number of nitrogens with zero attached hydrogens (tertiary/aromatic N) is 2. The molecular weight excluding hydrogens is 332 g/mol. The summed E-state index contributed by atoms with van der Waals surface area (Å²) in [7, 11) is 0. The number of nitrogens with one attached hydrogen (secondary N) is 2.